The van der Waals surface area contributed by atoms with Crippen molar-refractivity contribution in [1.29, 1.82) is 0 Å². The number of rotatable bonds is 4. The number of hydrogen-bond donors (Lipinski definition) is 2. The van der Waals surface area contributed by atoms with Gasteiger partial charge in [-0.15, -0.1) is 0 Å². The molecule has 0 aliphatic heterocycles. The van der Waals surface area contributed by atoms with Gasteiger partial charge in [0.25, 0.3) is 5.56 Å². The Morgan fingerprint density at radius 1 is 1.28 bits per heavy atom. The maximum Gasteiger partial charge on any atom is 0.329 e. The number of aromatic nitrogens is 2. The molecule has 2 bridgehead atoms. The van der Waals surface area contributed by atoms with Crippen LogP contribution in [0.5, 0.6) is 0 Å². The minimum Gasteiger partial charge on any atom is -0.352 e. The Morgan fingerprint density at radius 3 is 2.80 bits per heavy atom. The molecule has 2 saturated carbocycles. The standard InChI is InChI=1S/C19H23N3O3/c1-11(15-9-12-6-7-13(15)8-12)20-17(23)10-22-16-5-3-2-4-14(16)18(24)21-19(22)25/h2-5,11-13,15H,6-10H2,1H3,(H,20,23)(H,21,24,25)/t11-,12+,13+,15-/m1/s1. The first-order valence-corrected chi connectivity index (χ1v) is 9.04. The summed E-state index contributed by atoms with van der Waals surface area (Å²) in [5.74, 6) is 1.93. The van der Waals surface area contributed by atoms with Crippen molar-refractivity contribution in [2.75, 3.05) is 0 Å². The molecule has 2 aliphatic carbocycles. The maximum atomic E-state index is 12.5. The molecule has 0 saturated heterocycles. The van der Waals surface area contributed by atoms with Gasteiger partial charge in [0.1, 0.15) is 6.54 Å². The summed E-state index contributed by atoms with van der Waals surface area (Å²) in [6, 6.07) is 6.96. The summed E-state index contributed by atoms with van der Waals surface area (Å²) in [5, 5.41) is 3.48. The fourth-order valence-electron chi connectivity index (χ4n) is 4.86. The number of hydrogen-bond acceptors (Lipinski definition) is 3. The number of fused-ring (bicyclic) bond motifs is 3. The molecular weight excluding hydrogens is 318 g/mol. The summed E-state index contributed by atoms with van der Waals surface area (Å²) in [6.07, 6.45) is 5.11. The molecule has 4 atom stereocenters. The highest BCUT2D eigenvalue weighted by molar-refractivity contribution is 5.81. The number of nitrogens with zero attached hydrogens (tertiary/aromatic N) is 1. The van der Waals surface area contributed by atoms with E-state index < -0.39 is 11.2 Å². The van der Waals surface area contributed by atoms with E-state index in [0.29, 0.717) is 16.8 Å². The molecule has 6 heteroatoms. The Hall–Kier alpha value is -2.37. The predicted molar refractivity (Wildman–Crippen MR) is 95.4 cm³/mol. The summed E-state index contributed by atoms with van der Waals surface area (Å²) in [7, 11) is 0. The molecule has 6 nitrogen and oxygen atoms in total. The Balaban J connectivity index is 1.52. The molecule has 0 unspecified atom stereocenters. The lowest BCUT2D eigenvalue weighted by Crippen LogP contribution is -2.43. The van der Waals surface area contributed by atoms with Crippen LogP contribution in [0, 0.1) is 17.8 Å². The Morgan fingerprint density at radius 2 is 2.08 bits per heavy atom. The Bertz CT molecular complexity index is 929. The molecule has 132 valence electrons. The minimum atomic E-state index is -0.550. The monoisotopic (exact) mass is 341 g/mol. The summed E-state index contributed by atoms with van der Waals surface area (Å²) >= 11 is 0. The quantitative estimate of drug-likeness (QED) is 0.886. The largest absolute Gasteiger partial charge is 0.352 e. The molecule has 2 fully saturated rings. The topological polar surface area (TPSA) is 84.0 Å². The lowest BCUT2D eigenvalue weighted by Gasteiger charge is -2.28. The SMILES string of the molecule is C[C@@H](NC(=O)Cn1c(=O)[nH]c(=O)c2ccccc21)[C@H]1C[C@H]2CC[C@H]1C2. The number of H-pyrrole nitrogens is 1. The molecule has 1 heterocycles. The summed E-state index contributed by atoms with van der Waals surface area (Å²) in [6.45, 7) is 1.98. The normalized spacial score (nSPS) is 26.0. The second-order valence-corrected chi connectivity index (χ2v) is 7.56. The van der Waals surface area contributed by atoms with Crippen LogP contribution in [-0.2, 0) is 11.3 Å². The van der Waals surface area contributed by atoms with Crippen LogP contribution < -0.4 is 16.6 Å². The number of carbonyl (C=O) groups excluding carboxylic acids is 1. The Kier molecular flexibility index (Phi) is 3.98. The molecule has 1 amide bonds. The predicted octanol–water partition coefficient (Wildman–Crippen LogP) is 1.63. The van der Waals surface area contributed by atoms with Gasteiger partial charge in [0.2, 0.25) is 5.91 Å². The van der Waals surface area contributed by atoms with Gasteiger partial charge in [-0.3, -0.25) is 19.1 Å². The lowest BCUT2D eigenvalue weighted by molar-refractivity contribution is -0.122. The number of amides is 1. The third-order valence-corrected chi connectivity index (χ3v) is 6.03. The molecule has 0 radical (unpaired) electrons. The highest BCUT2D eigenvalue weighted by atomic mass is 16.2. The minimum absolute atomic E-state index is 0.0821. The van der Waals surface area contributed by atoms with Gasteiger partial charge >= 0.3 is 5.69 Å². The van der Waals surface area contributed by atoms with Crippen LogP contribution in [0.3, 0.4) is 0 Å². The first-order chi connectivity index (χ1) is 12.0. The molecule has 2 N–H and O–H groups in total. The van der Waals surface area contributed by atoms with Crippen LogP contribution >= 0.6 is 0 Å². The van der Waals surface area contributed by atoms with E-state index >= 15 is 0 Å². The zero-order valence-corrected chi connectivity index (χ0v) is 14.3. The molecule has 1 aromatic carbocycles. The van der Waals surface area contributed by atoms with Crippen molar-refractivity contribution in [3.05, 3.63) is 45.1 Å². The molecule has 25 heavy (non-hydrogen) atoms. The van der Waals surface area contributed by atoms with Crippen molar-refractivity contribution in [2.24, 2.45) is 17.8 Å². The van der Waals surface area contributed by atoms with Gasteiger partial charge in [0.15, 0.2) is 0 Å². The second-order valence-electron chi connectivity index (χ2n) is 7.56. The van der Waals surface area contributed by atoms with E-state index in [1.807, 2.05) is 0 Å². The van der Waals surface area contributed by atoms with Crippen molar-refractivity contribution in [2.45, 2.75) is 45.2 Å². The van der Waals surface area contributed by atoms with Crippen molar-refractivity contribution < 1.29 is 4.79 Å². The van der Waals surface area contributed by atoms with Crippen molar-refractivity contribution in [3.63, 3.8) is 0 Å². The van der Waals surface area contributed by atoms with Gasteiger partial charge in [0, 0.05) is 6.04 Å². The summed E-state index contributed by atoms with van der Waals surface area (Å²) < 4.78 is 1.33. The number of para-hydroxylation sites is 1. The van der Waals surface area contributed by atoms with E-state index in [2.05, 4.69) is 17.2 Å². The van der Waals surface area contributed by atoms with Crippen LogP contribution in [0.1, 0.15) is 32.6 Å². The molecular formula is C19H23N3O3. The zero-order valence-electron chi connectivity index (χ0n) is 14.3. The van der Waals surface area contributed by atoms with Crippen LogP contribution in [0.2, 0.25) is 0 Å². The fourth-order valence-corrected chi connectivity index (χ4v) is 4.86. The lowest BCUT2D eigenvalue weighted by atomic mass is 9.84. The molecule has 4 rings (SSSR count). The average Bonchev–Trinajstić information content (AvgIpc) is 3.22. The number of aromatic amines is 1. The van der Waals surface area contributed by atoms with Gasteiger partial charge < -0.3 is 5.32 Å². The van der Waals surface area contributed by atoms with Crippen LogP contribution in [-0.4, -0.2) is 21.5 Å². The van der Waals surface area contributed by atoms with Crippen molar-refractivity contribution in [3.8, 4) is 0 Å². The summed E-state index contributed by atoms with van der Waals surface area (Å²) in [5.41, 5.74) is -0.488. The van der Waals surface area contributed by atoms with E-state index in [-0.39, 0.29) is 18.5 Å². The van der Waals surface area contributed by atoms with Crippen LogP contribution in [0.4, 0.5) is 0 Å². The van der Waals surface area contributed by atoms with Gasteiger partial charge in [0.05, 0.1) is 10.9 Å². The number of nitrogens with one attached hydrogen (secondary N) is 2. The third kappa shape index (κ3) is 2.90. The zero-order chi connectivity index (χ0) is 17.6. The van der Waals surface area contributed by atoms with Crippen molar-refractivity contribution in [1.82, 2.24) is 14.9 Å². The highest BCUT2D eigenvalue weighted by Gasteiger charge is 2.42. The van der Waals surface area contributed by atoms with Crippen LogP contribution in [0.15, 0.2) is 33.9 Å². The third-order valence-electron chi connectivity index (χ3n) is 6.03. The first-order valence-electron chi connectivity index (χ1n) is 9.04. The maximum absolute atomic E-state index is 12.5. The molecule has 2 aromatic rings. The molecule has 2 aliphatic rings. The van der Waals surface area contributed by atoms with Crippen LogP contribution in [0.25, 0.3) is 10.9 Å². The number of benzene rings is 1. The van der Waals surface area contributed by atoms with Gasteiger partial charge in [-0.05, 0) is 56.1 Å². The summed E-state index contributed by atoms with van der Waals surface area (Å²) in [4.78, 5) is 38.8. The molecule has 1 aromatic heterocycles. The van der Waals surface area contributed by atoms with Gasteiger partial charge in [-0.2, -0.15) is 0 Å². The van der Waals surface area contributed by atoms with E-state index in [4.69, 9.17) is 0 Å². The molecule has 0 spiro atoms. The van der Waals surface area contributed by atoms with E-state index in [1.165, 1.54) is 30.3 Å². The van der Waals surface area contributed by atoms with E-state index in [9.17, 15) is 14.4 Å². The first kappa shape index (κ1) is 16.1. The van der Waals surface area contributed by atoms with E-state index in [0.717, 1.165) is 11.8 Å². The van der Waals surface area contributed by atoms with Gasteiger partial charge in [-0.25, -0.2) is 4.79 Å². The number of carbonyl (C=O) groups is 1. The second kappa shape index (κ2) is 6.17. The average molecular weight is 341 g/mol. The smallest absolute Gasteiger partial charge is 0.329 e. The van der Waals surface area contributed by atoms with Gasteiger partial charge in [-0.1, -0.05) is 18.6 Å². The highest BCUT2D eigenvalue weighted by Crippen LogP contribution is 2.49. The van der Waals surface area contributed by atoms with Crippen molar-refractivity contribution >= 4 is 16.8 Å². The fraction of sp³-hybridized carbons (Fsp3) is 0.526. The van der Waals surface area contributed by atoms with E-state index in [1.54, 1.807) is 24.3 Å². The Labute approximate surface area is 145 Å².